The smallest absolute Gasteiger partial charge is 0.162 e. The van der Waals surface area contributed by atoms with Crippen molar-refractivity contribution in [2.24, 2.45) is 17.8 Å². The molecule has 0 N–H and O–H groups in total. The van der Waals surface area contributed by atoms with Crippen molar-refractivity contribution >= 4 is 0 Å². The Morgan fingerprint density at radius 2 is 1.78 bits per heavy atom. The van der Waals surface area contributed by atoms with Crippen molar-refractivity contribution in [3.8, 4) is 0 Å². The highest BCUT2D eigenvalue weighted by Gasteiger charge is 2.23. The minimum Gasteiger partial charge on any atom is -0.494 e. The zero-order chi connectivity index (χ0) is 22.7. The van der Waals surface area contributed by atoms with E-state index >= 15 is 0 Å². The average Bonchev–Trinajstić information content (AvgIpc) is 2.81. The fourth-order valence-electron chi connectivity index (χ4n) is 4.88. The van der Waals surface area contributed by atoms with Gasteiger partial charge in [-0.3, -0.25) is 0 Å². The van der Waals surface area contributed by atoms with Gasteiger partial charge in [0.15, 0.2) is 17.5 Å². The Kier molecular flexibility index (Phi) is 7.07. The topological polar surface area (TPSA) is 9.23 Å². The van der Waals surface area contributed by atoms with Gasteiger partial charge in [-0.05, 0) is 79.2 Å². The molecule has 0 aliphatic heterocycles. The highest BCUT2D eigenvalue weighted by atomic mass is 19.2. The van der Waals surface area contributed by atoms with E-state index in [9.17, 15) is 13.2 Å². The SMILES string of the molecule is COC1=CCC(C2=CCC(CCc3ccc(C4C=CC(C)CC4)c(F)c3F)C=C2)C=C1F. The summed E-state index contributed by atoms with van der Waals surface area (Å²) in [6.07, 6.45) is 18.5. The van der Waals surface area contributed by atoms with Crippen LogP contribution in [0.3, 0.4) is 0 Å². The van der Waals surface area contributed by atoms with E-state index in [4.69, 9.17) is 4.74 Å². The lowest BCUT2D eigenvalue weighted by Crippen LogP contribution is -2.11. The van der Waals surface area contributed by atoms with E-state index in [1.807, 2.05) is 12.2 Å². The van der Waals surface area contributed by atoms with Gasteiger partial charge in [-0.2, -0.15) is 0 Å². The summed E-state index contributed by atoms with van der Waals surface area (Å²) in [4.78, 5) is 0. The number of ether oxygens (including phenoxy) is 1. The second kappa shape index (κ2) is 9.97. The molecule has 4 atom stereocenters. The lowest BCUT2D eigenvalue weighted by molar-refractivity contribution is 0.277. The van der Waals surface area contributed by atoms with Crippen LogP contribution >= 0.6 is 0 Å². The molecule has 4 unspecified atom stereocenters. The van der Waals surface area contributed by atoms with E-state index in [-0.39, 0.29) is 23.6 Å². The van der Waals surface area contributed by atoms with Crippen molar-refractivity contribution in [2.45, 2.75) is 51.4 Å². The number of hydrogen-bond acceptors (Lipinski definition) is 1. The van der Waals surface area contributed by atoms with Crippen molar-refractivity contribution in [1.29, 1.82) is 0 Å². The second-order valence-electron chi connectivity index (χ2n) is 9.21. The summed E-state index contributed by atoms with van der Waals surface area (Å²) in [7, 11) is 1.47. The van der Waals surface area contributed by atoms with E-state index in [2.05, 4.69) is 25.2 Å². The van der Waals surface area contributed by atoms with Crippen molar-refractivity contribution in [3.63, 3.8) is 0 Å². The first-order valence-corrected chi connectivity index (χ1v) is 11.6. The van der Waals surface area contributed by atoms with Crippen molar-refractivity contribution in [3.05, 3.63) is 94.6 Å². The molecule has 32 heavy (non-hydrogen) atoms. The maximum Gasteiger partial charge on any atom is 0.162 e. The van der Waals surface area contributed by atoms with E-state index in [1.54, 1.807) is 24.3 Å². The fraction of sp³-hybridized carbons (Fsp3) is 0.429. The molecule has 0 saturated carbocycles. The summed E-state index contributed by atoms with van der Waals surface area (Å²) in [5.41, 5.74) is 2.01. The van der Waals surface area contributed by atoms with Crippen LogP contribution in [-0.2, 0) is 11.2 Å². The highest BCUT2D eigenvalue weighted by Crippen LogP contribution is 2.35. The Hall–Kier alpha value is -2.49. The van der Waals surface area contributed by atoms with Crippen molar-refractivity contribution < 1.29 is 17.9 Å². The Bertz CT molecular complexity index is 998. The van der Waals surface area contributed by atoms with Gasteiger partial charge in [-0.1, -0.05) is 49.4 Å². The largest absolute Gasteiger partial charge is 0.494 e. The van der Waals surface area contributed by atoms with Crippen LogP contribution < -0.4 is 0 Å². The third-order valence-electron chi connectivity index (χ3n) is 6.99. The maximum atomic E-state index is 14.8. The monoisotopic (exact) mass is 440 g/mol. The molecule has 4 heteroatoms. The average molecular weight is 441 g/mol. The van der Waals surface area contributed by atoms with Crippen LogP contribution in [0.1, 0.15) is 56.1 Å². The summed E-state index contributed by atoms with van der Waals surface area (Å²) in [5, 5.41) is 0. The number of hydrogen-bond donors (Lipinski definition) is 0. The number of rotatable bonds is 6. The van der Waals surface area contributed by atoms with Gasteiger partial charge in [-0.25, -0.2) is 13.2 Å². The molecule has 1 aromatic carbocycles. The van der Waals surface area contributed by atoms with Gasteiger partial charge in [0, 0.05) is 11.8 Å². The van der Waals surface area contributed by atoms with Crippen LogP contribution in [0.5, 0.6) is 0 Å². The first kappa shape index (κ1) is 22.7. The van der Waals surface area contributed by atoms with Crippen LogP contribution in [0.25, 0.3) is 0 Å². The van der Waals surface area contributed by atoms with Crippen LogP contribution in [0.2, 0.25) is 0 Å². The van der Waals surface area contributed by atoms with Gasteiger partial charge in [-0.15, -0.1) is 0 Å². The molecular formula is C28H31F3O. The number of halogens is 3. The summed E-state index contributed by atoms with van der Waals surface area (Å²) in [5.74, 6) is -0.657. The molecule has 0 saturated heterocycles. The lowest BCUT2D eigenvalue weighted by Gasteiger charge is -2.23. The molecular weight excluding hydrogens is 409 g/mol. The molecule has 0 aromatic heterocycles. The summed E-state index contributed by atoms with van der Waals surface area (Å²) in [6, 6.07) is 3.52. The van der Waals surface area contributed by atoms with Gasteiger partial charge in [0.2, 0.25) is 0 Å². The lowest BCUT2D eigenvalue weighted by atomic mass is 9.83. The molecule has 3 aliphatic rings. The predicted octanol–water partition coefficient (Wildman–Crippen LogP) is 7.87. The quantitative estimate of drug-likeness (QED) is 0.409. The number of aryl methyl sites for hydroxylation is 1. The third-order valence-corrected chi connectivity index (χ3v) is 6.99. The minimum absolute atomic E-state index is 0.0157. The molecule has 1 nitrogen and oxygen atoms in total. The predicted molar refractivity (Wildman–Crippen MR) is 123 cm³/mol. The first-order chi connectivity index (χ1) is 15.5. The van der Waals surface area contributed by atoms with Crippen LogP contribution in [0, 0.1) is 29.4 Å². The first-order valence-electron chi connectivity index (χ1n) is 11.6. The molecule has 170 valence electrons. The maximum absolute atomic E-state index is 14.8. The molecule has 3 aliphatic carbocycles. The molecule has 0 heterocycles. The Morgan fingerprint density at radius 1 is 0.938 bits per heavy atom. The Balaban J connectivity index is 1.34. The zero-order valence-corrected chi connectivity index (χ0v) is 18.8. The second-order valence-corrected chi connectivity index (χ2v) is 9.21. The Morgan fingerprint density at radius 3 is 2.44 bits per heavy atom. The van der Waals surface area contributed by atoms with Gasteiger partial charge in [0.1, 0.15) is 5.76 Å². The molecule has 0 bridgehead atoms. The normalized spacial score (nSPS) is 27.6. The van der Waals surface area contributed by atoms with E-state index in [0.717, 1.165) is 31.3 Å². The fourth-order valence-corrected chi connectivity index (χ4v) is 4.88. The molecule has 1 aromatic rings. The standard InChI is InChI=1S/C28H31F3O/c1-18-3-8-21(9-4-18)24-15-13-22(27(30)28(24)31)12-7-19-5-10-20(11-6-19)23-14-16-26(32-2)25(29)17-23/h3,5,8,10-11,13,15-19,21,23H,4,6-7,9,12,14H2,1-2H3. The molecule has 0 radical (unpaired) electrons. The zero-order valence-electron chi connectivity index (χ0n) is 18.8. The molecule has 0 amide bonds. The van der Waals surface area contributed by atoms with E-state index in [1.165, 1.54) is 7.11 Å². The van der Waals surface area contributed by atoms with E-state index in [0.29, 0.717) is 35.6 Å². The van der Waals surface area contributed by atoms with Crippen LogP contribution in [-0.4, -0.2) is 7.11 Å². The Labute approximate surface area is 189 Å². The van der Waals surface area contributed by atoms with Gasteiger partial charge < -0.3 is 4.74 Å². The highest BCUT2D eigenvalue weighted by molar-refractivity contribution is 5.36. The summed E-state index contributed by atoms with van der Waals surface area (Å²) in [6.45, 7) is 2.14. The van der Waals surface area contributed by atoms with Crippen molar-refractivity contribution in [1.82, 2.24) is 0 Å². The number of methoxy groups -OCH3 is 1. The number of benzene rings is 1. The van der Waals surface area contributed by atoms with Gasteiger partial charge in [0.05, 0.1) is 7.11 Å². The number of allylic oxidation sites excluding steroid dienone is 9. The van der Waals surface area contributed by atoms with Crippen LogP contribution in [0.4, 0.5) is 13.2 Å². The summed E-state index contributed by atoms with van der Waals surface area (Å²) < 4.78 is 48.6. The van der Waals surface area contributed by atoms with Crippen molar-refractivity contribution in [2.75, 3.05) is 7.11 Å². The van der Waals surface area contributed by atoms with Gasteiger partial charge in [0.25, 0.3) is 0 Å². The molecule has 0 fully saturated rings. The van der Waals surface area contributed by atoms with Gasteiger partial charge >= 0.3 is 0 Å². The van der Waals surface area contributed by atoms with Crippen LogP contribution in [0.15, 0.2) is 71.8 Å². The van der Waals surface area contributed by atoms with E-state index < -0.39 is 11.6 Å². The molecule has 0 spiro atoms. The minimum atomic E-state index is -0.700. The summed E-state index contributed by atoms with van der Waals surface area (Å²) >= 11 is 0. The third kappa shape index (κ3) is 4.95. The molecule has 4 rings (SSSR count).